The van der Waals surface area contributed by atoms with Gasteiger partial charge in [0, 0.05) is 71.0 Å². The molecule has 4 aromatic carbocycles. The van der Waals surface area contributed by atoms with Crippen molar-refractivity contribution in [2.45, 2.75) is 37.8 Å². The number of nitrogens with one attached hydrogen (secondary N) is 2. The highest BCUT2D eigenvalue weighted by atomic mass is 16.5. The Balaban J connectivity index is 0.000000154. The smallest absolute Gasteiger partial charge is 0.126 e. The highest BCUT2D eigenvalue weighted by Crippen LogP contribution is 2.33. The minimum absolute atomic E-state index is 0.453. The number of pyridine rings is 2. The number of hydrogen-bond acceptors (Lipinski definition) is 8. The lowest BCUT2D eigenvalue weighted by Crippen LogP contribution is -2.36. The SMILES string of the molecule is CN1CCC(Nc2ccc(-c3ccc(N)c4ccccc34)cn2)CC1.Nc1ccc(-c2ccc(NC3CCOCC3)nc2)c2ccccc12. The second kappa shape index (κ2) is 14.9. The molecule has 6 aromatic rings. The Morgan fingerprint density at radius 1 is 0.571 bits per heavy atom. The summed E-state index contributed by atoms with van der Waals surface area (Å²) in [5.74, 6) is 1.88. The lowest BCUT2D eigenvalue weighted by molar-refractivity contribution is 0.0904. The number of likely N-dealkylation sites (tertiary alicyclic amines) is 1. The normalized spacial score (nSPS) is 15.9. The van der Waals surface area contributed by atoms with Gasteiger partial charge in [0.2, 0.25) is 0 Å². The first-order valence-electron chi connectivity index (χ1n) is 17.3. The monoisotopic (exact) mass is 651 g/mol. The molecule has 0 amide bonds. The molecule has 250 valence electrons. The highest BCUT2D eigenvalue weighted by Gasteiger charge is 2.17. The van der Waals surface area contributed by atoms with E-state index in [-0.39, 0.29) is 0 Å². The van der Waals surface area contributed by atoms with Gasteiger partial charge in [-0.25, -0.2) is 9.97 Å². The summed E-state index contributed by atoms with van der Waals surface area (Å²) in [4.78, 5) is 11.6. The van der Waals surface area contributed by atoms with E-state index in [2.05, 4.69) is 99.3 Å². The topological polar surface area (TPSA) is 114 Å². The predicted molar refractivity (Wildman–Crippen MR) is 205 cm³/mol. The molecular weight excluding hydrogens is 606 g/mol. The lowest BCUT2D eigenvalue weighted by atomic mass is 9.98. The van der Waals surface area contributed by atoms with Gasteiger partial charge in [0.05, 0.1) is 0 Å². The molecule has 0 radical (unpaired) electrons. The minimum atomic E-state index is 0.453. The van der Waals surface area contributed by atoms with Crippen LogP contribution in [0.25, 0.3) is 43.8 Å². The van der Waals surface area contributed by atoms with Crippen molar-refractivity contribution in [1.82, 2.24) is 14.9 Å². The Bertz CT molecular complexity index is 2000. The fraction of sp³-hybridized carbons (Fsp3) is 0.268. The van der Waals surface area contributed by atoms with Gasteiger partial charge in [0.15, 0.2) is 0 Å². The van der Waals surface area contributed by atoms with Crippen LogP contribution in [0, 0.1) is 0 Å². The molecule has 0 spiro atoms. The number of nitrogens with two attached hydrogens (primary N) is 2. The van der Waals surface area contributed by atoms with Crippen LogP contribution in [0.3, 0.4) is 0 Å². The number of rotatable bonds is 6. The molecule has 6 N–H and O–H groups in total. The molecule has 0 atom stereocenters. The average molecular weight is 652 g/mol. The second-order valence-corrected chi connectivity index (χ2v) is 13.1. The van der Waals surface area contributed by atoms with Crippen molar-refractivity contribution in [3.8, 4) is 22.3 Å². The fourth-order valence-corrected chi connectivity index (χ4v) is 6.84. The molecule has 2 aliphatic heterocycles. The Hall–Kier alpha value is -5.18. The van der Waals surface area contributed by atoms with Crippen molar-refractivity contribution in [2.75, 3.05) is 55.5 Å². The first kappa shape index (κ1) is 32.4. The summed E-state index contributed by atoms with van der Waals surface area (Å²) < 4.78 is 5.39. The number of anilines is 4. The number of piperidine rings is 1. The molecule has 8 rings (SSSR count). The van der Waals surface area contributed by atoms with Gasteiger partial charge in [-0.2, -0.15) is 0 Å². The number of fused-ring (bicyclic) bond motifs is 2. The maximum absolute atomic E-state index is 6.11. The third-order valence-corrected chi connectivity index (χ3v) is 9.71. The molecule has 0 saturated carbocycles. The molecular formula is C41H45N7O. The van der Waals surface area contributed by atoms with Crippen LogP contribution in [-0.2, 0) is 4.74 Å². The van der Waals surface area contributed by atoms with Crippen molar-refractivity contribution in [1.29, 1.82) is 0 Å². The van der Waals surface area contributed by atoms with Gasteiger partial charge >= 0.3 is 0 Å². The van der Waals surface area contributed by atoms with Crippen LogP contribution in [0.4, 0.5) is 23.0 Å². The van der Waals surface area contributed by atoms with Gasteiger partial charge in [-0.3, -0.25) is 0 Å². The van der Waals surface area contributed by atoms with Gasteiger partial charge in [-0.05, 0) is 104 Å². The third-order valence-electron chi connectivity index (χ3n) is 9.71. The summed E-state index contributed by atoms with van der Waals surface area (Å²) in [6.45, 7) is 3.95. The van der Waals surface area contributed by atoms with Crippen molar-refractivity contribution in [3.63, 3.8) is 0 Å². The number of benzene rings is 4. The van der Waals surface area contributed by atoms with Gasteiger partial charge in [-0.15, -0.1) is 0 Å². The summed E-state index contributed by atoms with van der Waals surface area (Å²) in [6, 6.07) is 33.9. The zero-order valence-corrected chi connectivity index (χ0v) is 28.1. The van der Waals surface area contributed by atoms with Crippen LogP contribution in [-0.4, -0.2) is 60.3 Å². The van der Waals surface area contributed by atoms with E-state index in [1.807, 2.05) is 42.7 Å². The Kier molecular flexibility index (Phi) is 9.86. The molecule has 2 aromatic heterocycles. The van der Waals surface area contributed by atoms with Gasteiger partial charge < -0.3 is 31.7 Å². The van der Waals surface area contributed by atoms with Gasteiger partial charge in [-0.1, -0.05) is 60.7 Å². The molecule has 0 bridgehead atoms. The summed E-state index contributed by atoms with van der Waals surface area (Å²) in [6.07, 6.45) is 8.29. The molecule has 4 heterocycles. The van der Waals surface area contributed by atoms with E-state index in [9.17, 15) is 0 Å². The number of nitrogens with zero attached hydrogens (tertiary/aromatic N) is 3. The van der Waals surface area contributed by atoms with Crippen LogP contribution in [0.5, 0.6) is 0 Å². The number of nitrogen functional groups attached to an aromatic ring is 2. The summed E-state index contributed by atoms with van der Waals surface area (Å²) in [5.41, 5.74) is 18.4. The molecule has 2 aliphatic rings. The molecule has 49 heavy (non-hydrogen) atoms. The highest BCUT2D eigenvalue weighted by molar-refractivity contribution is 6.03. The quantitative estimate of drug-likeness (QED) is 0.134. The lowest BCUT2D eigenvalue weighted by Gasteiger charge is -2.29. The maximum atomic E-state index is 6.11. The van der Waals surface area contributed by atoms with E-state index >= 15 is 0 Å². The summed E-state index contributed by atoms with van der Waals surface area (Å²) in [5, 5.41) is 11.6. The van der Waals surface area contributed by atoms with Crippen LogP contribution in [0.2, 0.25) is 0 Å². The van der Waals surface area contributed by atoms with E-state index in [1.54, 1.807) is 0 Å². The molecule has 2 fully saturated rings. The van der Waals surface area contributed by atoms with Crippen molar-refractivity contribution < 1.29 is 4.74 Å². The zero-order valence-electron chi connectivity index (χ0n) is 28.1. The van der Waals surface area contributed by atoms with Crippen LogP contribution in [0.15, 0.2) is 109 Å². The standard InChI is InChI=1S/C21H24N4.C20H21N3O/c1-25-12-10-16(11-13-25)24-21-9-6-15(14-23-21)17-7-8-20(22)19-5-3-2-4-18(17)19;21-19-7-6-16(17-3-1-2-4-18(17)19)14-5-8-20(22-13-14)23-15-9-11-24-12-10-15/h2-9,14,16H,10-13,22H2,1H3,(H,23,24);1-8,13,15H,9-12,21H2,(H,22,23). The van der Waals surface area contributed by atoms with E-state index in [0.29, 0.717) is 12.1 Å². The third kappa shape index (κ3) is 7.61. The molecule has 8 nitrogen and oxygen atoms in total. The predicted octanol–water partition coefficient (Wildman–Crippen LogP) is 8.07. The van der Waals surface area contributed by atoms with E-state index in [0.717, 1.165) is 95.0 Å². The fourth-order valence-electron chi connectivity index (χ4n) is 6.84. The zero-order chi connectivity index (χ0) is 33.6. The minimum Gasteiger partial charge on any atom is -0.398 e. The maximum Gasteiger partial charge on any atom is 0.126 e. The summed E-state index contributed by atoms with van der Waals surface area (Å²) in [7, 11) is 2.18. The Morgan fingerprint density at radius 3 is 1.47 bits per heavy atom. The van der Waals surface area contributed by atoms with Crippen LogP contribution in [0.1, 0.15) is 25.7 Å². The number of hydrogen-bond donors (Lipinski definition) is 4. The second-order valence-electron chi connectivity index (χ2n) is 13.1. The summed E-state index contributed by atoms with van der Waals surface area (Å²) >= 11 is 0. The van der Waals surface area contributed by atoms with Crippen molar-refractivity contribution in [3.05, 3.63) is 109 Å². The molecule has 8 heteroatoms. The number of aromatic nitrogens is 2. The van der Waals surface area contributed by atoms with Crippen molar-refractivity contribution >= 4 is 44.6 Å². The van der Waals surface area contributed by atoms with Crippen molar-refractivity contribution in [2.24, 2.45) is 0 Å². The Labute approximate surface area is 288 Å². The first-order chi connectivity index (χ1) is 24.0. The first-order valence-corrected chi connectivity index (χ1v) is 17.3. The van der Waals surface area contributed by atoms with E-state index < -0.39 is 0 Å². The van der Waals surface area contributed by atoms with Crippen LogP contribution < -0.4 is 22.1 Å². The van der Waals surface area contributed by atoms with Gasteiger partial charge in [0.25, 0.3) is 0 Å². The number of ether oxygens (including phenoxy) is 1. The molecule has 0 unspecified atom stereocenters. The van der Waals surface area contributed by atoms with Crippen LogP contribution >= 0.6 is 0 Å². The average Bonchev–Trinajstić information content (AvgIpc) is 3.15. The van der Waals surface area contributed by atoms with Gasteiger partial charge in [0.1, 0.15) is 11.6 Å². The van der Waals surface area contributed by atoms with E-state index in [4.69, 9.17) is 16.2 Å². The molecule has 0 aliphatic carbocycles. The Morgan fingerprint density at radius 2 is 1.02 bits per heavy atom. The largest absolute Gasteiger partial charge is 0.398 e. The molecule has 2 saturated heterocycles. The van der Waals surface area contributed by atoms with E-state index in [1.165, 1.54) is 23.8 Å².